The Morgan fingerprint density at radius 2 is 2.26 bits per heavy atom. The van der Waals surface area contributed by atoms with Gasteiger partial charge in [-0.05, 0) is 24.1 Å². The summed E-state index contributed by atoms with van der Waals surface area (Å²) in [4.78, 5) is 4.25. The number of benzene rings is 1. The summed E-state index contributed by atoms with van der Waals surface area (Å²) in [6.07, 6.45) is 5.87. The number of aryl methyl sites for hydroxylation is 1. The normalized spacial score (nSPS) is 16.7. The second-order valence-electron chi connectivity index (χ2n) is 5.55. The van der Waals surface area contributed by atoms with E-state index >= 15 is 0 Å². The van der Waals surface area contributed by atoms with E-state index in [0.717, 1.165) is 44.2 Å². The van der Waals surface area contributed by atoms with Crippen LogP contribution < -0.4 is 15.4 Å². The molecular formula is C17H23N5O. The number of hydrogen-bond acceptors (Lipinski definition) is 3. The Morgan fingerprint density at radius 1 is 1.35 bits per heavy atom. The van der Waals surface area contributed by atoms with Gasteiger partial charge in [0.05, 0.1) is 6.54 Å². The molecule has 122 valence electrons. The molecule has 0 fully saturated rings. The van der Waals surface area contributed by atoms with E-state index in [1.54, 1.807) is 13.2 Å². The molecule has 0 saturated heterocycles. The molecule has 0 amide bonds. The van der Waals surface area contributed by atoms with Crippen LogP contribution in [0.5, 0.6) is 5.75 Å². The van der Waals surface area contributed by atoms with Gasteiger partial charge in [-0.1, -0.05) is 18.2 Å². The van der Waals surface area contributed by atoms with Crippen LogP contribution in [-0.4, -0.2) is 42.0 Å². The molecule has 23 heavy (non-hydrogen) atoms. The van der Waals surface area contributed by atoms with Crippen LogP contribution in [-0.2, 0) is 13.0 Å². The molecule has 0 aliphatic carbocycles. The summed E-state index contributed by atoms with van der Waals surface area (Å²) in [5.74, 6) is 1.81. The molecule has 0 saturated carbocycles. The van der Waals surface area contributed by atoms with E-state index in [2.05, 4.69) is 32.9 Å². The highest BCUT2D eigenvalue weighted by molar-refractivity contribution is 5.79. The van der Waals surface area contributed by atoms with Crippen molar-refractivity contribution in [3.8, 4) is 5.75 Å². The third-order valence-electron chi connectivity index (χ3n) is 3.85. The quantitative estimate of drug-likeness (QED) is 0.481. The van der Waals surface area contributed by atoms with E-state index in [1.165, 1.54) is 5.56 Å². The number of aliphatic imine (C=N–C) groups is 1. The number of rotatable bonds is 6. The highest BCUT2D eigenvalue weighted by atomic mass is 16.5. The van der Waals surface area contributed by atoms with Gasteiger partial charge in [0.2, 0.25) is 0 Å². The van der Waals surface area contributed by atoms with Crippen LogP contribution >= 0.6 is 0 Å². The molecule has 1 aliphatic rings. The Hall–Kier alpha value is -2.50. The molecule has 2 aromatic rings. The minimum atomic E-state index is 0.162. The van der Waals surface area contributed by atoms with Crippen molar-refractivity contribution in [1.29, 1.82) is 0 Å². The first-order chi connectivity index (χ1) is 11.3. The molecule has 0 radical (unpaired) electrons. The van der Waals surface area contributed by atoms with Gasteiger partial charge in [0.1, 0.15) is 11.9 Å². The Labute approximate surface area is 136 Å². The first-order valence-corrected chi connectivity index (χ1v) is 8.01. The number of nitrogens with one attached hydrogen (secondary N) is 2. The minimum Gasteiger partial charge on any atom is -0.488 e. The number of aromatic nitrogens is 2. The van der Waals surface area contributed by atoms with Crippen LogP contribution in [0.4, 0.5) is 0 Å². The summed E-state index contributed by atoms with van der Waals surface area (Å²) < 4.78 is 7.85. The fourth-order valence-electron chi connectivity index (χ4n) is 2.68. The molecule has 1 aliphatic heterocycles. The lowest BCUT2D eigenvalue weighted by molar-refractivity contribution is 0.235. The largest absolute Gasteiger partial charge is 0.488 e. The fourth-order valence-corrected chi connectivity index (χ4v) is 2.68. The van der Waals surface area contributed by atoms with Crippen molar-refractivity contribution in [1.82, 2.24) is 20.4 Å². The van der Waals surface area contributed by atoms with E-state index in [0.29, 0.717) is 0 Å². The molecule has 3 rings (SSSR count). The zero-order valence-electron chi connectivity index (χ0n) is 13.4. The molecule has 0 spiro atoms. The number of fused-ring (bicyclic) bond motifs is 1. The maximum Gasteiger partial charge on any atom is 0.191 e. The number of guanidine groups is 1. The van der Waals surface area contributed by atoms with Crippen molar-refractivity contribution in [2.75, 3.05) is 20.1 Å². The molecule has 0 bridgehead atoms. The van der Waals surface area contributed by atoms with E-state index in [9.17, 15) is 0 Å². The van der Waals surface area contributed by atoms with E-state index in [-0.39, 0.29) is 6.10 Å². The standard InChI is InChI=1S/C17H23N5O/c1-18-17(19-8-4-10-22-11-5-9-21-22)20-13-15-12-14-6-2-3-7-16(14)23-15/h2-3,5-7,9,11,15H,4,8,10,12-13H2,1H3,(H2,18,19,20). The topological polar surface area (TPSA) is 63.5 Å². The predicted molar refractivity (Wildman–Crippen MR) is 90.8 cm³/mol. The van der Waals surface area contributed by atoms with Gasteiger partial charge in [-0.15, -0.1) is 0 Å². The highest BCUT2D eigenvalue weighted by Crippen LogP contribution is 2.27. The Kier molecular flexibility index (Phi) is 5.13. The summed E-state index contributed by atoms with van der Waals surface area (Å²) in [7, 11) is 1.78. The zero-order chi connectivity index (χ0) is 15.9. The molecular weight excluding hydrogens is 290 g/mol. The van der Waals surface area contributed by atoms with Crippen LogP contribution in [0.15, 0.2) is 47.7 Å². The van der Waals surface area contributed by atoms with Gasteiger partial charge in [-0.3, -0.25) is 9.67 Å². The van der Waals surface area contributed by atoms with Gasteiger partial charge in [-0.25, -0.2) is 0 Å². The summed E-state index contributed by atoms with van der Waals surface area (Å²) in [6, 6.07) is 10.1. The number of hydrogen-bond donors (Lipinski definition) is 2. The SMILES string of the molecule is CN=C(NCCCn1cccn1)NCC1Cc2ccccc2O1. The second kappa shape index (κ2) is 7.67. The molecule has 6 heteroatoms. The lowest BCUT2D eigenvalue weighted by Crippen LogP contribution is -2.42. The van der Waals surface area contributed by atoms with Gasteiger partial charge in [0.15, 0.2) is 5.96 Å². The van der Waals surface area contributed by atoms with Crippen LogP contribution in [0.3, 0.4) is 0 Å². The molecule has 6 nitrogen and oxygen atoms in total. The summed E-state index contributed by atoms with van der Waals surface area (Å²) in [5.41, 5.74) is 1.28. The van der Waals surface area contributed by atoms with Crippen LogP contribution in [0, 0.1) is 0 Å². The van der Waals surface area contributed by atoms with Crippen molar-refractivity contribution >= 4 is 5.96 Å². The van der Waals surface area contributed by atoms with Crippen molar-refractivity contribution in [3.63, 3.8) is 0 Å². The third kappa shape index (κ3) is 4.25. The molecule has 1 aromatic heterocycles. The molecule has 1 unspecified atom stereocenters. The highest BCUT2D eigenvalue weighted by Gasteiger charge is 2.22. The third-order valence-corrected chi connectivity index (χ3v) is 3.85. The monoisotopic (exact) mass is 313 g/mol. The van der Waals surface area contributed by atoms with Crippen molar-refractivity contribution in [2.24, 2.45) is 4.99 Å². The van der Waals surface area contributed by atoms with Crippen LogP contribution in [0.1, 0.15) is 12.0 Å². The first kappa shape index (κ1) is 15.4. The maximum absolute atomic E-state index is 5.92. The first-order valence-electron chi connectivity index (χ1n) is 8.01. The predicted octanol–water partition coefficient (Wildman–Crippen LogP) is 1.44. The number of para-hydroxylation sites is 1. The average Bonchev–Trinajstić information content (AvgIpc) is 3.23. The summed E-state index contributed by atoms with van der Waals surface area (Å²) in [6.45, 7) is 2.50. The Balaban J connectivity index is 1.35. The van der Waals surface area contributed by atoms with Gasteiger partial charge >= 0.3 is 0 Å². The van der Waals surface area contributed by atoms with Gasteiger partial charge in [-0.2, -0.15) is 5.10 Å². The lowest BCUT2D eigenvalue weighted by Gasteiger charge is -2.15. The average molecular weight is 313 g/mol. The van der Waals surface area contributed by atoms with Gasteiger partial charge in [0.25, 0.3) is 0 Å². The molecule has 2 N–H and O–H groups in total. The van der Waals surface area contributed by atoms with E-state index < -0.39 is 0 Å². The minimum absolute atomic E-state index is 0.162. The van der Waals surface area contributed by atoms with E-state index in [1.807, 2.05) is 29.1 Å². The fraction of sp³-hybridized carbons (Fsp3) is 0.412. The van der Waals surface area contributed by atoms with Crippen molar-refractivity contribution in [2.45, 2.75) is 25.5 Å². The van der Waals surface area contributed by atoms with Crippen LogP contribution in [0.2, 0.25) is 0 Å². The van der Waals surface area contributed by atoms with Gasteiger partial charge < -0.3 is 15.4 Å². The van der Waals surface area contributed by atoms with Crippen LogP contribution in [0.25, 0.3) is 0 Å². The Bertz CT molecular complexity index is 613. The lowest BCUT2D eigenvalue weighted by atomic mass is 10.1. The zero-order valence-corrected chi connectivity index (χ0v) is 13.4. The Morgan fingerprint density at radius 3 is 3.04 bits per heavy atom. The summed E-state index contributed by atoms with van der Waals surface area (Å²) >= 11 is 0. The summed E-state index contributed by atoms with van der Waals surface area (Å²) in [5, 5.41) is 10.8. The van der Waals surface area contributed by atoms with E-state index in [4.69, 9.17) is 4.74 Å². The van der Waals surface area contributed by atoms with Crippen molar-refractivity contribution in [3.05, 3.63) is 48.3 Å². The smallest absolute Gasteiger partial charge is 0.191 e. The molecule has 1 atom stereocenters. The van der Waals surface area contributed by atoms with Crippen molar-refractivity contribution < 1.29 is 4.74 Å². The maximum atomic E-state index is 5.92. The second-order valence-corrected chi connectivity index (χ2v) is 5.55. The number of ether oxygens (including phenoxy) is 1. The molecule has 2 heterocycles. The molecule has 1 aromatic carbocycles. The number of nitrogens with zero attached hydrogens (tertiary/aromatic N) is 3. The van der Waals surface area contributed by atoms with Gasteiger partial charge in [0, 0.05) is 39.0 Å².